The Balaban J connectivity index is 1.81. The highest BCUT2D eigenvalue weighted by Crippen LogP contribution is 2.37. The van der Waals surface area contributed by atoms with Crippen LogP contribution in [-0.2, 0) is 20.8 Å². The van der Waals surface area contributed by atoms with Gasteiger partial charge < -0.3 is 4.90 Å². The van der Waals surface area contributed by atoms with Crippen LogP contribution in [-0.4, -0.2) is 37.3 Å². The molecule has 2 saturated heterocycles. The van der Waals surface area contributed by atoms with Crippen molar-refractivity contribution in [3.05, 3.63) is 35.4 Å². The van der Waals surface area contributed by atoms with Crippen LogP contribution >= 0.6 is 0 Å². The molecule has 0 N–H and O–H groups in total. The Labute approximate surface area is 151 Å². The summed E-state index contributed by atoms with van der Waals surface area (Å²) in [6.07, 6.45) is -1.54. The molecular weight excluding hydrogens is 367 g/mol. The average molecular weight is 389 g/mol. The van der Waals surface area contributed by atoms with Crippen LogP contribution in [0.3, 0.4) is 0 Å². The molecule has 0 aromatic heterocycles. The van der Waals surface area contributed by atoms with Crippen molar-refractivity contribution in [3.63, 3.8) is 0 Å². The van der Waals surface area contributed by atoms with Crippen LogP contribution in [0.4, 0.5) is 13.2 Å². The van der Waals surface area contributed by atoms with Gasteiger partial charge in [-0.05, 0) is 49.8 Å². The number of piperidine rings is 1. The smallest absolute Gasteiger partial charge is 0.335 e. The Hall–Kier alpha value is -1.57. The monoisotopic (exact) mass is 389 g/mol. The molecule has 0 bridgehead atoms. The van der Waals surface area contributed by atoms with E-state index in [0.717, 1.165) is 25.0 Å². The van der Waals surface area contributed by atoms with E-state index in [1.165, 1.54) is 6.07 Å². The van der Waals surface area contributed by atoms with Crippen LogP contribution in [0, 0.1) is 5.92 Å². The molecule has 0 saturated carbocycles. The molecule has 1 aromatic carbocycles. The highest BCUT2D eigenvalue weighted by molar-refractivity contribution is 7.91. The summed E-state index contributed by atoms with van der Waals surface area (Å²) in [4.78, 5) is 14.6. The fourth-order valence-corrected chi connectivity index (χ4v) is 5.33. The Kier molecular flexibility index (Phi) is 5.33. The normalized spacial score (nSPS) is 24.4. The van der Waals surface area contributed by atoms with E-state index in [9.17, 15) is 26.4 Å². The Morgan fingerprint density at radius 2 is 1.77 bits per heavy atom. The third-order valence-electron chi connectivity index (χ3n) is 5.29. The summed E-state index contributed by atoms with van der Waals surface area (Å²) >= 11 is 0. The molecule has 0 aliphatic carbocycles. The number of sulfone groups is 1. The predicted molar refractivity (Wildman–Crippen MR) is 91.1 cm³/mol. The Bertz CT molecular complexity index is 762. The molecule has 1 amide bonds. The lowest BCUT2D eigenvalue weighted by atomic mass is 9.91. The maximum atomic E-state index is 13.0. The zero-order valence-electron chi connectivity index (χ0n) is 14.3. The van der Waals surface area contributed by atoms with E-state index in [1.807, 2.05) is 0 Å². The van der Waals surface area contributed by atoms with Gasteiger partial charge in [0.05, 0.1) is 23.1 Å². The molecular formula is C18H22F3NO3S. The third kappa shape index (κ3) is 4.22. The van der Waals surface area contributed by atoms with Crippen LogP contribution in [0.2, 0.25) is 0 Å². The summed E-state index contributed by atoms with van der Waals surface area (Å²) in [5.41, 5.74) is -0.215. The van der Waals surface area contributed by atoms with Crippen molar-refractivity contribution in [1.82, 2.24) is 4.90 Å². The van der Waals surface area contributed by atoms with Crippen LogP contribution in [0.1, 0.15) is 49.3 Å². The lowest BCUT2D eigenvalue weighted by Crippen LogP contribution is -2.44. The summed E-state index contributed by atoms with van der Waals surface area (Å²) in [6.45, 7) is 0.503. The number of hydrogen-bond donors (Lipinski definition) is 0. The van der Waals surface area contributed by atoms with E-state index in [-0.39, 0.29) is 29.4 Å². The zero-order valence-corrected chi connectivity index (χ0v) is 15.2. The van der Waals surface area contributed by atoms with Gasteiger partial charge in [0, 0.05) is 12.5 Å². The van der Waals surface area contributed by atoms with E-state index >= 15 is 0 Å². The van der Waals surface area contributed by atoms with Gasteiger partial charge in [0.25, 0.3) is 0 Å². The standard InChI is InChI=1S/C18H22F3NO3S/c19-18(20,21)15-5-3-4-14(12-15)16-6-1-2-9-22(16)17(23)13-7-10-26(24,25)11-8-13/h3-5,12-13,16H,1-2,6-11H2. The quantitative estimate of drug-likeness (QED) is 0.777. The first kappa shape index (κ1) is 19.2. The van der Waals surface area contributed by atoms with Gasteiger partial charge in [-0.3, -0.25) is 4.79 Å². The van der Waals surface area contributed by atoms with Crippen LogP contribution in [0.25, 0.3) is 0 Å². The van der Waals surface area contributed by atoms with E-state index < -0.39 is 21.6 Å². The Morgan fingerprint density at radius 1 is 1.08 bits per heavy atom. The van der Waals surface area contributed by atoms with Crippen molar-refractivity contribution in [2.45, 2.75) is 44.3 Å². The number of hydrogen-bond acceptors (Lipinski definition) is 3. The zero-order chi connectivity index (χ0) is 18.9. The molecule has 2 aliphatic heterocycles. The molecule has 8 heteroatoms. The number of amides is 1. The van der Waals surface area contributed by atoms with Crippen molar-refractivity contribution >= 4 is 15.7 Å². The number of halogens is 3. The molecule has 1 aromatic rings. The van der Waals surface area contributed by atoms with Crippen molar-refractivity contribution in [3.8, 4) is 0 Å². The second kappa shape index (κ2) is 7.21. The number of carbonyl (C=O) groups is 1. The minimum absolute atomic E-state index is 0.00543. The molecule has 1 atom stereocenters. The number of rotatable bonds is 2. The highest BCUT2D eigenvalue weighted by Gasteiger charge is 2.37. The van der Waals surface area contributed by atoms with Gasteiger partial charge in [0.15, 0.2) is 0 Å². The van der Waals surface area contributed by atoms with Crippen molar-refractivity contribution in [1.29, 1.82) is 0 Å². The summed E-state index contributed by atoms with van der Waals surface area (Å²) in [6, 6.07) is 4.79. The second-order valence-electron chi connectivity index (χ2n) is 7.09. The van der Waals surface area contributed by atoms with Gasteiger partial charge in [-0.2, -0.15) is 13.2 Å². The van der Waals surface area contributed by atoms with E-state index in [4.69, 9.17) is 0 Å². The van der Waals surface area contributed by atoms with Crippen LogP contribution in [0.15, 0.2) is 24.3 Å². The van der Waals surface area contributed by atoms with Crippen LogP contribution < -0.4 is 0 Å². The fourth-order valence-electron chi connectivity index (χ4n) is 3.84. The summed E-state index contributed by atoms with van der Waals surface area (Å²) in [5.74, 6) is -0.469. The number of benzene rings is 1. The minimum Gasteiger partial charge on any atom is -0.335 e. The highest BCUT2D eigenvalue weighted by atomic mass is 32.2. The van der Waals surface area contributed by atoms with Gasteiger partial charge in [-0.1, -0.05) is 12.1 Å². The topological polar surface area (TPSA) is 54.5 Å². The van der Waals surface area contributed by atoms with E-state index in [1.54, 1.807) is 11.0 Å². The summed E-state index contributed by atoms with van der Waals surface area (Å²) < 4.78 is 62.2. The maximum absolute atomic E-state index is 13.0. The average Bonchev–Trinajstić information content (AvgIpc) is 2.60. The lowest BCUT2D eigenvalue weighted by Gasteiger charge is -2.39. The first-order chi connectivity index (χ1) is 12.2. The first-order valence-electron chi connectivity index (χ1n) is 8.85. The lowest BCUT2D eigenvalue weighted by molar-refractivity contribution is -0.139. The number of nitrogens with zero attached hydrogens (tertiary/aromatic N) is 1. The fraction of sp³-hybridized carbons (Fsp3) is 0.611. The number of alkyl halides is 3. The van der Waals surface area contributed by atoms with Gasteiger partial charge in [0.2, 0.25) is 5.91 Å². The molecule has 0 spiro atoms. The van der Waals surface area contributed by atoms with E-state index in [2.05, 4.69) is 0 Å². The minimum atomic E-state index is -4.42. The van der Waals surface area contributed by atoms with Crippen molar-refractivity contribution in [2.24, 2.45) is 5.92 Å². The molecule has 144 valence electrons. The molecule has 4 nitrogen and oxygen atoms in total. The molecule has 0 radical (unpaired) electrons. The van der Waals surface area contributed by atoms with Gasteiger partial charge >= 0.3 is 6.18 Å². The molecule has 2 fully saturated rings. The molecule has 26 heavy (non-hydrogen) atoms. The van der Waals surface area contributed by atoms with Gasteiger partial charge in [-0.15, -0.1) is 0 Å². The molecule has 2 aliphatic rings. The molecule has 3 rings (SSSR count). The number of carbonyl (C=O) groups excluding carboxylic acids is 1. The maximum Gasteiger partial charge on any atom is 0.416 e. The molecule has 2 heterocycles. The van der Waals surface area contributed by atoms with Gasteiger partial charge in [0.1, 0.15) is 9.84 Å². The predicted octanol–water partition coefficient (Wildman–Crippen LogP) is 3.58. The Morgan fingerprint density at radius 3 is 2.42 bits per heavy atom. The second-order valence-corrected chi connectivity index (χ2v) is 9.40. The molecule has 1 unspecified atom stereocenters. The summed E-state index contributed by atoms with van der Waals surface area (Å²) in [7, 11) is -3.06. The summed E-state index contributed by atoms with van der Waals surface area (Å²) in [5, 5.41) is 0. The van der Waals surface area contributed by atoms with Crippen molar-refractivity contribution in [2.75, 3.05) is 18.1 Å². The third-order valence-corrected chi connectivity index (χ3v) is 7.00. The first-order valence-corrected chi connectivity index (χ1v) is 10.7. The SMILES string of the molecule is O=C(C1CCS(=O)(=O)CC1)N1CCCCC1c1cccc(C(F)(F)F)c1. The van der Waals surface area contributed by atoms with Crippen LogP contribution in [0.5, 0.6) is 0 Å². The number of likely N-dealkylation sites (tertiary alicyclic amines) is 1. The largest absolute Gasteiger partial charge is 0.416 e. The van der Waals surface area contributed by atoms with Gasteiger partial charge in [-0.25, -0.2) is 8.42 Å². The van der Waals surface area contributed by atoms with E-state index in [0.29, 0.717) is 31.4 Å². The van der Waals surface area contributed by atoms with Crippen molar-refractivity contribution < 1.29 is 26.4 Å².